The summed E-state index contributed by atoms with van der Waals surface area (Å²) in [4.78, 5) is 14.2. The number of likely N-dealkylation sites (tertiary alicyclic amines) is 1. The van der Waals surface area contributed by atoms with E-state index in [-0.39, 0.29) is 11.9 Å². The third-order valence-electron chi connectivity index (χ3n) is 3.57. The first-order chi connectivity index (χ1) is 8.08. The minimum Gasteiger partial charge on any atom is -0.338 e. The number of carbonyl (C=O) groups excluding carboxylic acids is 1. The van der Waals surface area contributed by atoms with Gasteiger partial charge in [-0.1, -0.05) is 13.8 Å². The summed E-state index contributed by atoms with van der Waals surface area (Å²) in [5.41, 5.74) is 0. The highest BCUT2D eigenvalue weighted by molar-refractivity contribution is 7.85. The van der Waals surface area contributed by atoms with Gasteiger partial charge in [0, 0.05) is 40.9 Å². The topological polar surface area (TPSA) is 49.4 Å². The van der Waals surface area contributed by atoms with E-state index in [1.54, 1.807) is 0 Å². The number of carbonyl (C=O) groups is 1. The Morgan fingerprint density at radius 2 is 1.94 bits per heavy atom. The van der Waals surface area contributed by atoms with Gasteiger partial charge in [-0.3, -0.25) is 9.00 Å². The Morgan fingerprint density at radius 3 is 2.53 bits per heavy atom. The molecule has 0 aromatic heterocycles. The number of hydrogen-bond donors (Lipinski definition) is 1. The molecule has 4 nitrogen and oxygen atoms in total. The normalized spacial score (nSPS) is 34.6. The molecule has 0 radical (unpaired) electrons. The van der Waals surface area contributed by atoms with Crippen LogP contribution in [0.3, 0.4) is 0 Å². The zero-order chi connectivity index (χ0) is 12.4. The zero-order valence-corrected chi connectivity index (χ0v) is 11.5. The van der Waals surface area contributed by atoms with Crippen molar-refractivity contribution in [3.8, 4) is 0 Å². The average Bonchev–Trinajstić information content (AvgIpc) is 2.61. The fourth-order valence-corrected chi connectivity index (χ4v) is 3.99. The van der Waals surface area contributed by atoms with Crippen molar-refractivity contribution in [3.05, 3.63) is 0 Å². The van der Waals surface area contributed by atoms with Crippen LogP contribution in [0.2, 0.25) is 0 Å². The van der Waals surface area contributed by atoms with Crippen LogP contribution in [0.1, 0.15) is 33.1 Å². The summed E-state index contributed by atoms with van der Waals surface area (Å²) in [5.74, 6) is 1.77. The zero-order valence-electron chi connectivity index (χ0n) is 10.6. The van der Waals surface area contributed by atoms with Crippen molar-refractivity contribution in [1.29, 1.82) is 0 Å². The van der Waals surface area contributed by atoms with E-state index in [1.807, 2.05) is 4.90 Å². The van der Waals surface area contributed by atoms with E-state index >= 15 is 0 Å². The summed E-state index contributed by atoms with van der Waals surface area (Å²) >= 11 is 0. The lowest BCUT2D eigenvalue weighted by molar-refractivity contribution is -0.131. The van der Waals surface area contributed by atoms with Crippen LogP contribution in [-0.4, -0.2) is 51.2 Å². The SMILES string of the molecule is CC(C)NC1CCN(C2CCS(=O)CC2)C1=O. The third kappa shape index (κ3) is 3.07. The Morgan fingerprint density at radius 1 is 1.29 bits per heavy atom. The van der Waals surface area contributed by atoms with E-state index in [9.17, 15) is 9.00 Å². The molecular weight excluding hydrogens is 236 g/mol. The first kappa shape index (κ1) is 13.0. The Bertz CT molecular complexity index is 310. The van der Waals surface area contributed by atoms with Gasteiger partial charge in [0.2, 0.25) is 5.91 Å². The average molecular weight is 258 g/mol. The van der Waals surface area contributed by atoms with E-state index in [4.69, 9.17) is 0 Å². The molecule has 2 heterocycles. The predicted octanol–water partition coefficient (Wildman–Crippen LogP) is 0.496. The van der Waals surface area contributed by atoms with Crippen LogP contribution in [0.5, 0.6) is 0 Å². The first-order valence-corrected chi connectivity index (χ1v) is 7.98. The van der Waals surface area contributed by atoms with Crippen molar-refractivity contribution in [2.45, 2.75) is 51.2 Å². The molecule has 17 heavy (non-hydrogen) atoms. The molecule has 1 unspecified atom stereocenters. The molecule has 0 aromatic rings. The minimum atomic E-state index is -0.644. The van der Waals surface area contributed by atoms with Crippen molar-refractivity contribution in [1.82, 2.24) is 10.2 Å². The molecule has 1 atom stereocenters. The maximum absolute atomic E-state index is 12.2. The second kappa shape index (κ2) is 5.48. The Hall–Kier alpha value is -0.420. The smallest absolute Gasteiger partial charge is 0.240 e. The molecule has 5 heteroatoms. The van der Waals surface area contributed by atoms with Gasteiger partial charge in [-0.25, -0.2) is 0 Å². The molecule has 0 saturated carbocycles. The summed E-state index contributed by atoms with van der Waals surface area (Å²) < 4.78 is 11.3. The molecule has 2 aliphatic rings. The maximum Gasteiger partial charge on any atom is 0.240 e. The quantitative estimate of drug-likeness (QED) is 0.802. The van der Waals surface area contributed by atoms with Crippen LogP contribution in [-0.2, 0) is 15.6 Å². The number of rotatable bonds is 3. The second-order valence-corrected chi connectivity index (χ2v) is 6.97. The summed E-state index contributed by atoms with van der Waals surface area (Å²) in [6.07, 6.45) is 2.73. The van der Waals surface area contributed by atoms with Crippen molar-refractivity contribution in [2.75, 3.05) is 18.1 Å². The predicted molar refractivity (Wildman–Crippen MR) is 69.3 cm³/mol. The molecule has 0 spiro atoms. The molecule has 0 aliphatic carbocycles. The molecule has 98 valence electrons. The number of nitrogens with one attached hydrogen (secondary N) is 1. The summed E-state index contributed by atoms with van der Waals surface area (Å²) in [6, 6.07) is 0.685. The summed E-state index contributed by atoms with van der Waals surface area (Å²) in [7, 11) is -0.644. The lowest BCUT2D eigenvalue weighted by Crippen LogP contribution is -2.46. The maximum atomic E-state index is 12.2. The standard InChI is InChI=1S/C12H22N2O2S/c1-9(2)13-11-3-6-14(12(11)15)10-4-7-17(16)8-5-10/h9-11,13H,3-8H2,1-2H3. The van der Waals surface area contributed by atoms with E-state index in [1.165, 1.54) is 0 Å². The van der Waals surface area contributed by atoms with Crippen molar-refractivity contribution < 1.29 is 9.00 Å². The highest BCUT2D eigenvalue weighted by Crippen LogP contribution is 2.22. The lowest BCUT2D eigenvalue weighted by Gasteiger charge is -2.31. The van der Waals surface area contributed by atoms with E-state index in [0.29, 0.717) is 12.1 Å². The van der Waals surface area contributed by atoms with Gasteiger partial charge in [-0.15, -0.1) is 0 Å². The first-order valence-electron chi connectivity index (χ1n) is 6.49. The van der Waals surface area contributed by atoms with Crippen LogP contribution >= 0.6 is 0 Å². The Labute approximate surface area is 106 Å². The minimum absolute atomic E-state index is 0.00224. The fraction of sp³-hybridized carbons (Fsp3) is 0.917. The van der Waals surface area contributed by atoms with Gasteiger partial charge in [0.25, 0.3) is 0 Å². The Balaban J connectivity index is 1.91. The summed E-state index contributed by atoms with van der Waals surface area (Å²) in [6.45, 7) is 5.00. The van der Waals surface area contributed by atoms with Crippen molar-refractivity contribution in [2.24, 2.45) is 0 Å². The fourth-order valence-electron chi connectivity index (χ4n) is 2.71. The van der Waals surface area contributed by atoms with E-state index in [0.717, 1.165) is 37.3 Å². The summed E-state index contributed by atoms with van der Waals surface area (Å²) in [5, 5.41) is 3.32. The van der Waals surface area contributed by atoms with Crippen LogP contribution in [0.4, 0.5) is 0 Å². The molecule has 0 bridgehead atoms. The Kier molecular flexibility index (Phi) is 4.20. The van der Waals surface area contributed by atoms with Gasteiger partial charge >= 0.3 is 0 Å². The van der Waals surface area contributed by atoms with Gasteiger partial charge in [-0.2, -0.15) is 0 Å². The monoisotopic (exact) mass is 258 g/mol. The van der Waals surface area contributed by atoms with Crippen LogP contribution in [0.15, 0.2) is 0 Å². The molecule has 2 aliphatic heterocycles. The molecule has 1 N–H and O–H groups in total. The van der Waals surface area contributed by atoms with E-state index < -0.39 is 10.8 Å². The third-order valence-corrected chi connectivity index (χ3v) is 4.95. The number of hydrogen-bond acceptors (Lipinski definition) is 3. The van der Waals surface area contributed by atoms with Crippen LogP contribution < -0.4 is 5.32 Å². The lowest BCUT2D eigenvalue weighted by atomic mass is 10.1. The van der Waals surface area contributed by atoms with E-state index in [2.05, 4.69) is 19.2 Å². The number of nitrogens with zero attached hydrogens (tertiary/aromatic N) is 1. The highest BCUT2D eigenvalue weighted by atomic mass is 32.2. The molecule has 2 rings (SSSR count). The molecule has 2 saturated heterocycles. The van der Waals surface area contributed by atoms with Gasteiger partial charge in [0.1, 0.15) is 0 Å². The van der Waals surface area contributed by atoms with Crippen molar-refractivity contribution >= 4 is 16.7 Å². The second-order valence-electron chi connectivity index (χ2n) is 5.27. The van der Waals surface area contributed by atoms with Crippen molar-refractivity contribution in [3.63, 3.8) is 0 Å². The molecule has 2 fully saturated rings. The highest BCUT2D eigenvalue weighted by Gasteiger charge is 2.36. The largest absolute Gasteiger partial charge is 0.338 e. The number of amides is 1. The van der Waals surface area contributed by atoms with Crippen LogP contribution in [0, 0.1) is 0 Å². The van der Waals surface area contributed by atoms with Gasteiger partial charge < -0.3 is 10.2 Å². The van der Waals surface area contributed by atoms with Gasteiger partial charge in [0.05, 0.1) is 6.04 Å². The molecule has 0 aromatic carbocycles. The van der Waals surface area contributed by atoms with Gasteiger partial charge in [-0.05, 0) is 19.3 Å². The molecule has 1 amide bonds. The van der Waals surface area contributed by atoms with Crippen LogP contribution in [0.25, 0.3) is 0 Å². The van der Waals surface area contributed by atoms with Gasteiger partial charge in [0.15, 0.2) is 0 Å². The molecular formula is C12H22N2O2S.